The number of rotatable bonds is 40. The number of aliphatic hydroxyl groups is 2. The molecule has 16 heteroatoms. The summed E-state index contributed by atoms with van der Waals surface area (Å²) in [5, 5.41) is 19.6. The van der Waals surface area contributed by atoms with E-state index in [2.05, 4.69) is 71.5 Å². The van der Waals surface area contributed by atoms with Crippen molar-refractivity contribution >= 4 is 27.6 Å². The van der Waals surface area contributed by atoms with E-state index in [-0.39, 0.29) is 12.8 Å². The van der Waals surface area contributed by atoms with Crippen LogP contribution in [0.15, 0.2) is 97.2 Å². The first-order chi connectivity index (χ1) is 29.8. The highest BCUT2D eigenvalue weighted by atomic mass is 31.2. The molecule has 0 aliphatic heterocycles. The summed E-state index contributed by atoms with van der Waals surface area (Å²) in [6.07, 6.45) is 44.4. The molecule has 0 bridgehead atoms. The van der Waals surface area contributed by atoms with E-state index in [4.69, 9.17) is 23.8 Å². The van der Waals surface area contributed by atoms with Crippen LogP contribution in [0, 0.1) is 0 Å². The molecule has 0 radical (unpaired) electrons. The zero-order chi connectivity index (χ0) is 46.0. The maximum absolute atomic E-state index is 12.7. The second-order valence-electron chi connectivity index (χ2n) is 14.4. The number of allylic oxidation sites excluding steroid dienone is 15. The molecular formula is C46H76O14P2. The van der Waals surface area contributed by atoms with Crippen molar-refractivity contribution in [2.75, 3.05) is 26.4 Å². The van der Waals surface area contributed by atoms with Crippen LogP contribution in [-0.4, -0.2) is 81.6 Å². The molecule has 0 aromatic heterocycles. The predicted octanol–water partition coefficient (Wildman–Crippen LogP) is 10.3. The Bertz CT molecular complexity index is 1480. The zero-order valence-corrected chi connectivity index (χ0v) is 38.8. The molecule has 0 saturated carbocycles. The third kappa shape index (κ3) is 43.6. The summed E-state index contributed by atoms with van der Waals surface area (Å²) < 4.78 is 47.7. The first-order valence-electron chi connectivity index (χ1n) is 22.0. The smallest absolute Gasteiger partial charge is 0.462 e. The number of unbranched alkanes of at least 4 members (excludes halogenated alkanes) is 7. The van der Waals surface area contributed by atoms with Crippen LogP contribution in [0.3, 0.4) is 0 Å². The SMILES string of the molecule is CC/C=C\C/C=C\C/C=C\C/C=C\CCCCCCC(=O)OC[C@H](COP(=O)(O)OC[C@@H](O)COP(=O)(O)O)OC(=O)CCC/C=C\C/C=C\C/C=C\C=C\[C@@H](O)CCCCC. The van der Waals surface area contributed by atoms with Crippen LogP contribution in [0.5, 0.6) is 0 Å². The molecular weight excluding hydrogens is 838 g/mol. The van der Waals surface area contributed by atoms with E-state index in [0.29, 0.717) is 19.3 Å². The van der Waals surface area contributed by atoms with Gasteiger partial charge >= 0.3 is 27.6 Å². The summed E-state index contributed by atoms with van der Waals surface area (Å²) in [5.41, 5.74) is 0. The van der Waals surface area contributed by atoms with Gasteiger partial charge in [-0.05, 0) is 77.0 Å². The van der Waals surface area contributed by atoms with Gasteiger partial charge < -0.3 is 34.4 Å². The number of aliphatic hydroxyl groups excluding tert-OH is 2. The number of esters is 2. The van der Waals surface area contributed by atoms with Crippen LogP contribution in [-0.2, 0) is 41.8 Å². The highest BCUT2D eigenvalue weighted by molar-refractivity contribution is 7.47. The lowest BCUT2D eigenvalue weighted by Crippen LogP contribution is -2.29. The Hall–Kier alpha value is -3.00. The molecule has 354 valence electrons. The van der Waals surface area contributed by atoms with Crippen molar-refractivity contribution in [1.82, 2.24) is 0 Å². The second kappa shape index (κ2) is 40.8. The summed E-state index contributed by atoms with van der Waals surface area (Å²) in [5.74, 6) is -1.16. The maximum Gasteiger partial charge on any atom is 0.472 e. The lowest BCUT2D eigenvalue weighted by Gasteiger charge is -2.20. The van der Waals surface area contributed by atoms with Crippen molar-refractivity contribution in [3.05, 3.63) is 97.2 Å². The fourth-order valence-corrected chi connectivity index (χ4v) is 6.36. The number of ether oxygens (including phenoxy) is 2. The molecule has 62 heavy (non-hydrogen) atoms. The molecule has 5 N–H and O–H groups in total. The van der Waals surface area contributed by atoms with E-state index in [1.165, 1.54) is 0 Å². The monoisotopic (exact) mass is 914 g/mol. The van der Waals surface area contributed by atoms with Gasteiger partial charge in [-0.15, -0.1) is 0 Å². The van der Waals surface area contributed by atoms with Crippen molar-refractivity contribution in [2.45, 2.75) is 154 Å². The summed E-state index contributed by atoms with van der Waals surface area (Å²) in [4.78, 5) is 52.7. The van der Waals surface area contributed by atoms with Crippen molar-refractivity contribution < 1.29 is 66.7 Å². The van der Waals surface area contributed by atoms with E-state index < -0.39 is 72.3 Å². The molecule has 0 aromatic carbocycles. The highest BCUT2D eigenvalue weighted by Gasteiger charge is 2.28. The van der Waals surface area contributed by atoms with Gasteiger partial charge in [-0.1, -0.05) is 143 Å². The van der Waals surface area contributed by atoms with Crippen molar-refractivity contribution in [2.24, 2.45) is 0 Å². The van der Waals surface area contributed by atoms with Crippen molar-refractivity contribution in [3.63, 3.8) is 0 Å². The van der Waals surface area contributed by atoms with Gasteiger partial charge in [0, 0.05) is 12.8 Å². The van der Waals surface area contributed by atoms with Gasteiger partial charge in [0.15, 0.2) is 6.10 Å². The largest absolute Gasteiger partial charge is 0.472 e. The molecule has 0 aliphatic carbocycles. The summed E-state index contributed by atoms with van der Waals surface area (Å²) in [7, 11) is -9.73. The third-order valence-corrected chi connectivity index (χ3v) is 9.99. The molecule has 1 unspecified atom stereocenters. The molecule has 0 rings (SSSR count). The number of phosphoric ester groups is 2. The number of hydrogen-bond donors (Lipinski definition) is 5. The summed E-state index contributed by atoms with van der Waals surface area (Å²) >= 11 is 0. The van der Waals surface area contributed by atoms with Gasteiger partial charge in [-0.3, -0.25) is 23.2 Å². The number of hydrogen-bond acceptors (Lipinski definition) is 11. The van der Waals surface area contributed by atoms with E-state index in [9.17, 15) is 33.8 Å². The summed E-state index contributed by atoms with van der Waals surface area (Å²) in [6, 6.07) is 0. The molecule has 14 nitrogen and oxygen atoms in total. The highest BCUT2D eigenvalue weighted by Crippen LogP contribution is 2.43. The minimum absolute atomic E-state index is 0.0240. The molecule has 0 amide bonds. The predicted molar refractivity (Wildman–Crippen MR) is 245 cm³/mol. The summed E-state index contributed by atoms with van der Waals surface area (Å²) in [6.45, 7) is 1.40. The fraction of sp³-hybridized carbons (Fsp3) is 0.609. The number of carbonyl (C=O) groups excluding carboxylic acids is 2. The minimum Gasteiger partial charge on any atom is -0.462 e. The van der Waals surface area contributed by atoms with E-state index in [1.807, 2.05) is 42.5 Å². The molecule has 0 aromatic rings. The van der Waals surface area contributed by atoms with Gasteiger partial charge in [0.25, 0.3) is 0 Å². The molecule has 0 saturated heterocycles. The van der Waals surface area contributed by atoms with Crippen LogP contribution in [0.25, 0.3) is 0 Å². The number of carbonyl (C=O) groups is 2. The Labute approximate surface area is 371 Å². The van der Waals surface area contributed by atoms with Crippen molar-refractivity contribution in [3.8, 4) is 0 Å². The van der Waals surface area contributed by atoms with Crippen molar-refractivity contribution in [1.29, 1.82) is 0 Å². The fourth-order valence-electron chi connectivity index (χ4n) is 5.20. The van der Waals surface area contributed by atoms with Crippen LogP contribution < -0.4 is 0 Å². The lowest BCUT2D eigenvalue weighted by atomic mass is 10.1. The van der Waals surface area contributed by atoms with Crippen LogP contribution in [0.1, 0.15) is 136 Å². The van der Waals surface area contributed by atoms with E-state index in [1.54, 1.807) is 6.08 Å². The van der Waals surface area contributed by atoms with Crippen LogP contribution in [0.2, 0.25) is 0 Å². The van der Waals surface area contributed by atoms with Crippen LogP contribution in [0.4, 0.5) is 0 Å². The van der Waals surface area contributed by atoms with Gasteiger partial charge in [-0.2, -0.15) is 0 Å². The molecule has 0 aliphatic rings. The van der Waals surface area contributed by atoms with Gasteiger partial charge in [0.05, 0.1) is 25.9 Å². The first kappa shape index (κ1) is 59.0. The Balaban J connectivity index is 4.71. The second-order valence-corrected chi connectivity index (χ2v) is 17.1. The number of phosphoric acid groups is 2. The Morgan fingerprint density at radius 2 is 1.08 bits per heavy atom. The average Bonchev–Trinajstić information content (AvgIpc) is 3.23. The standard InChI is InChI=1S/C46H76O14P2/c1-3-5-7-8-9-10-11-12-13-14-15-16-19-22-25-28-32-36-45(49)56-40-44(41-59-62(54,55)58-39-43(48)38-57-61(51,52)53)60-46(50)37-33-29-26-23-20-17-18-21-24-27-31-35-42(47)34-30-6-4-2/h5,7,9-10,12-13,15-18,23-24,26-27,31,35,42-44,47-48H,3-4,6,8,11,14,19-22,25,28-30,32-34,36-41H2,1-2H3,(H,54,55)(H2,51,52,53)/b7-5-,10-9-,13-12-,16-15-,18-17-,26-23-,27-24-,35-31+/t42-,43-,44+/m0/s1. The van der Waals surface area contributed by atoms with Gasteiger partial charge in [0.2, 0.25) is 0 Å². The average molecular weight is 915 g/mol. The molecule has 0 spiro atoms. The van der Waals surface area contributed by atoms with Gasteiger partial charge in [-0.25, -0.2) is 9.13 Å². The first-order valence-corrected chi connectivity index (χ1v) is 25.1. The topological polar surface area (TPSA) is 216 Å². The Morgan fingerprint density at radius 3 is 1.69 bits per heavy atom. The van der Waals surface area contributed by atoms with E-state index in [0.717, 1.165) is 89.9 Å². The van der Waals surface area contributed by atoms with Gasteiger partial charge in [0.1, 0.15) is 12.7 Å². The Morgan fingerprint density at radius 1 is 0.548 bits per heavy atom. The molecule has 0 fully saturated rings. The maximum atomic E-state index is 12.7. The lowest BCUT2D eigenvalue weighted by molar-refractivity contribution is -0.161. The van der Waals surface area contributed by atoms with E-state index >= 15 is 0 Å². The normalized spacial score (nSPS) is 15.4. The quantitative estimate of drug-likeness (QED) is 0.0127. The minimum atomic E-state index is -4.88. The third-order valence-electron chi connectivity index (χ3n) is 8.55. The molecule has 0 heterocycles. The molecule has 4 atom stereocenters. The Kier molecular flexibility index (Phi) is 38.8. The van der Waals surface area contributed by atoms with Crippen LogP contribution >= 0.6 is 15.6 Å². The zero-order valence-electron chi connectivity index (χ0n) is 37.0.